The molecule has 164 valence electrons. The zero-order chi connectivity index (χ0) is 22.1. The summed E-state index contributed by atoms with van der Waals surface area (Å²) < 4.78 is 23.7. The Hall–Kier alpha value is -1.65. The van der Waals surface area contributed by atoms with Gasteiger partial charge in [-0.1, -0.05) is 17.7 Å². The number of aromatic amines is 1. The van der Waals surface area contributed by atoms with Crippen molar-refractivity contribution in [1.29, 1.82) is 0 Å². The number of rotatable bonds is 7. The van der Waals surface area contributed by atoms with Crippen molar-refractivity contribution in [2.24, 2.45) is 0 Å². The maximum atomic E-state index is 11.6. The molecule has 0 saturated carbocycles. The highest BCUT2D eigenvalue weighted by Crippen LogP contribution is 2.51. The quantitative estimate of drug-likeness (QED) is 0.331. The molecule has 0 radical (unpaired) electrons. The summed E-state index contributed by atoms with van der Waals surface area (Å²) in [6.07, 6.45) is 0.618. The molecule has 0 aliphatic carbocycles. The molecule has 2 atom stereocenters. The highest BCUT2D eigenvalue weighted by atomic mass is 32.1. The molecule has 0 bridgehead atoms. The SMILES string of the molecule is COC(CCn1cc(C)c(=O)[nH]c1=S)C(O)(O)OP1OCc2cc(C)cc(C)c2O1. The Morgan fingerprint density at radius 3 is 2.77 bits per heavy atom. The summed E-state index contributed by atoms with van der Waals surface area (Å²) >= 11 is 5.14. The predicted octanol–water partition coefficient (Wildman–Crippen LogP) is 2.73. The standard InChI is InChI=1S/C19H25N2O7PS/c1-11-7-12(2)16-14(8-11)10-26-29(27-16)28-19(23,24)15(25-4)5-6-21-9-13(3)17(22)20-18(21)30/h7-9,15,23-24H,5-6,10H2,1-4H3,(H,20,22,30). The van der Waals surface area contributed by atoms with Gasteiger partial charge in [0.1, 0.15) is 11.9 Å². The van der Waals surface area contributed by atoms with Gasteiger partial charge in [-0.25, -0.2) is 4.52 Å². The smallest absolute Gasteiger partial charge is 0.402 e. The Labute approximate surface area is 180 Å². The summed E-state index contributed by atoms with van der Waals surface area (Å²) in [6, 6.07) is 3.92. The largest absolute Gasteiger partial charge is 0.426 e. The van der Waals surface area contributed by atoms with Gasteiger partial charge in [0.15, 0.2) is 4.77 Å². The molecule has 11 heteroatoms. The summed E-state index contributed by atoms with van der Waals surface area (Å²) in [4.78, 5) is 14.2. The van der Waals surface area contributed by atoms with Gasteiger partial charge in [0.05, 0.1) is 6.61 Å². The topological polar surface area (TPSA) is 115 Å². The summed E-state index contributed by atoms with van der Waals surface area (Å²) in [6.45, 7) is 6.05. The van der Waals surface area contributed by atoms with Crippen LogP contribution >= 0.6 is 20.8 Å². The second kappa shape index (κ2) is 9.23. The van der Waals surface area contributed by atoms with Crippen LogP contribution < -0.4 is 10.1 Å². The number of aliphatic hydroxyl groups is 2. The molecule has 3 N–H and O–H groups in total. The maximum Gasteiger partial charge on any atom is 0.402 e. The minimum absolute atomic E-state index is 0.140. The number of nitrogens with one attached hydrogen (secondary N) is 1. The van der Waals surface area contributed by atoms with Crippen molar-refractivity contribution in [1.82, 2.24) is 9.55 Å². The molecule has 30 heavy (non-hydrogen) atoms. The number of H-pyrrole nitrogens is 1. The fraction of sp³-hybridized carbons (Fsp3) is 0.474. The van der Waals surface area contributed by atoms with Gasteiger partial charge in [-0.15, -0.1) is 0 Å². The van der Waals surface area contributed by atoms with Crippen LogP contribution in [0.15, 0.2) is 23.1 Å². The van der Waals surface area contributed by atoms with Gasteiger partial charge in [0.2, 0.25) is 0 Å². The molecule has 2 heterocycles. The molecule has 1 aromatic carbocycles. The minimum Gasteiger partial charge on any atom is -0.426 e. The first kappa shape index (κ1) is 23.0. The summed E-state index contributed by atoms with van der Waals surface area (Å²) in [7, 11) is -0.708. The molecule has 2 aromatic rings. The number of benzene rings is 1. The number of aromatic nitrogens is 2. The van der Waals surface area contributed by atoms with Crippen molar-refractivity contribution < 1.29 is 28.5 Å². The Morgan fingerprint density at radius 1 is 1.33 bits per heavy atom. The Morgan fingerprint density at radius 2 is 2.07 bits per heavy atom. The first-order valence-corrected chi connectivity index (χ1v) is 10.8. The van der Waals surface area contributed by atoms with Crippen LogP contribution in [0.4, 0.5) is 0 Å². The van der Waals surface area contributed by atoms with Gasteiger partial charge in [-0.3, -0.25) is 14.3 Å². The van der Waals surface area contributed by atoms with Crippen LogP contribution in [-0.2, 0) is 26.9 Å². The van der Waals surface area contributed by atoms with Gasteiger partial charge >= 0.3 is 14.6 Å². The van der Waals surface area contributed by atoms with E-state index < -0.39 is 20.7 Å². The number of methoxy groups -OCH3 is 1. The van der Waals surface area contributed by atoms with Gasteiger partial charge < -0.3 is 24.0 Å². The number of ether oxygens (including phenoxy) is 1. The van der Waals surface area contributed by atoms with Crippen molar-refractivity contribution in [2.45, 2.75) is 52.4 Å². The first-order chi connectivity index (χ1) is 14.1. The second-order valence-corrected chi connectivity index (χ2v) is 8.64. The third-order valence-electron chi connectivity index (χ3n) is 4.72. The van der Waals surface area contributed by atoms with Crippen LogP contribution in [0.25, 0.3) is 0 Å². The van der Waals surface area contributed by atoms with E-state index in [2.05, 4.69) is 4.98 Å². The van der Waals surface area contributed by atoms with E-state index in [1.54, 1.807) is 17.7 Å². The summed E-state index contributed by atoms with van der Waals surface area (Å²) in [5.41, 5.74) is 3.10. The van der Waals surface area contributed by atoms with Crippen molar-refractivity contribution >= 4 is 20.8 Å². The fourth-order valence-corrected chi connectivity index (χ4v) is 4.59. The highest BCUT2D eigenvalue weighted by Gasteiger charge is 2.42. The van der Waals surface area contributed by atoms with Crippen LogP contribution in [0.1, 0.15) is 28.7 Å². The van der Waals surface area contributed by atoms with Gasteiger partial charge in [0, 0.05) is 31.0 Å². The van der Waals surface area contributed by atoms with Crippen molar-refractivity contribution in [2.75, 3.05) is 7.11 Å². The Kier molecular flexibility index (Phi) is 7.09. The zero-order valence-electron chi connectivity index (χ0n) is 17.2. The number of fused-ring (bicyclic) bond motifs is 1. The van der Waals surface area contributed by atoms with Crippen molar-refractivity contribution in [3.63, 3.8) is 0 Å². The van der Waals surface area contributed by atoms with Gasteiger partial charge in [-0.2, -0.15) is 0 Å². The number of nitrogens with zero attached hydrogens (tertiary/aromatic N) is 1. The molecule has 0 amide bonds. The predicted molar refractivity (Wildman–Crippen MR) is 113 cm³/mol. The van der Waals surface area contributed by atoms with Crippen LogP contribution in [0.2, 0.25) is 0 Å². The van der Waals surface area contributed by atoms with Crippen molar-refractivity contribution in [3.05, 3.63) is 55.7 Å². The van der Waals surface area contributed by atoms with Crippen LogP contribution in [-0.4, -0.2) is 39.0 Å². The normalized spacial score (nSPS) is 17.3. The van der Waals surface area contributed by atoms with E-state index in [4.69, 9.17) is 30.5 Å². The third-order valence-corrected chi connectivity index (χ3v) is 6.15. The van der Waals surface area contributed by atoms with Gasteiger partial charge in [0.25, 0.3) is 5.56 Å². The molecule has 1 aromatic heterocycles. The van der Waals surface area contributed by atoms with Crippen molar-refractivity contribution in [3.8, 4) is 5.75 Å². The number of hydrogen-bond donors (Lipinski definition) is 3. The Balaban J connectivity index is 1.68. The maximum absolute atomic E-state index is 11.6. The molecular weight excluding hydrogens is 431 g/mol. The average Bonchev–Trinajstić information content (AvgIpc) is 2.66. The average molecular weight is 456 g/mol. The van der Waals surface area contributed by atoms with E-state index in [0.717, 1.165) is 16.7 Å². The van der Waals surface area contributed by atoms with E-state index in [-0.39, 0.29) is 29.9 Å². The molecule has 0 saturated heterocycles. The minimum atomic E-state index is -2.66. The summed E-state index contributed by atoms with van der Waals surface area (Å²) in [5.74, 6) is -2.03. The zero-order valence-corrected chi connectivity index (χ0v) is 18.9. The molecule has 3 rings (SSSR count). The van der Waals surface area contributed by atoms with Crippen LogP contribution in [0.5, 0.6) is 5.75 Å². The van der Waals surface area contributed by atoms with Crippen LogP contribution in [0, 0.1) is 25.5 Å². The molecule has 2 unspecified atom stereocenters. The first-order valence-electron chi connectivity index (χ1n) is 9.29. The highest BCUT2D eigenvalue weighted by molar-refractivity contribution is 7.71. The van der Waals surface area contributed by atoms with Crippen LogP contribution in [0.3, 0.4) is 0 Å². The molecule has 1 aliphatic heterocycles. The van der Waals surface area contributed by atoms with E-state index in [1.165, 1.54) is 7.11 Å². The number of aryl methyl sites for hydroxylation is 4. The molecular formula is C19H25N2O7PS. The Bertz CT molecular complexity index is 1040. The molecule has 0 fully saturated rings. The van der Waals surface area contributed by atoms with E-state index in [9.17, 15) is 15.0 Å². The fourth-order valence-electron chi connectivity index (χ4n) is 3.22. The van der Waals surface area contributed by atoms with E-state index in [0.29, 0.717) is 11.3 Å². The van der Waals surface area contributed by atoms with E-state index in [1.807, 2.05) is 26.0 Å². The molecule has 9 nitrogen and oxygen atoms in total. The molecule has 0 spiro atoms. The second-order valence-electron chi connectivity index (χ2n) is 7.19. The van der Waals surface area contributed by atoms with Gasteiger partial charge in [-0.05, 0) is 45.0 Å². The monoisotopic (exact) mass is 456 g/mol. The lowest BCUT2D eigenvalue weighted by Crippen LogP contribution is -2.46. The summed E-state index contributed by atoms with van der Waals surface area (Å²) in [5, 5.41) is 21.0. The lowest BCUT2D eigenvalue weighted by molar-refractivity contribution is -0.345. The lowest BCUT2D eigenvalue weighted by Gasteiger charge is -2.33. The van der Waals surface area contributed by atoms with E-state index >= 15 is 0 Å². The number of hydrogen-bond acceptors (Lipinski definition) is 8. The molecule has 1 aliphatic rings. The third kappa shape index (κ3) is 5.15. The lowest BCUT2D eigenvalue weighted by atomic mass is 10.1.